The predicted molar refractivity (Wildman–Crippen MR) is 74.6 cm³/mol. The SMILES string of the molecule is CCCC1NC(=O)C(CC)N(CCCC2CC2)C1=O. The number of hydrogen-bond donors (Lipinski definition) is 1. The summed E-state index contributed by atoms with van der Waals surface area (Å²) in [7, 11) is 0. The van der Waals surface area contributed by atoms with Gasteiger partial charge in [-0.2, -0.15) is 0 Å². The van der Waals surface area contributed by atoms with Crippen molar-refractivity contribution in [2.24, 2.45) is 5.92 Å². The van der Waals surface area contributed by atoms with E-state index in [4.69, 9.17) is 0 Å². The number of carbonyl (C=O) groups is 2. The number of amides is 2. The first-order valence-corrected chi connectivity index (χ1v) is 7.78. The zero-order valence-electron chi connectivity index (χ0n) is 12.2. The van der Waals surface area contributed by atoms with Crippen molar-refractivity contribution < 1.29 is 9.59 Å². The maximum atomic E-state index is 12.4. The molecule has 2 fully saturated rings. The Morgan fingerprint density at radius 3 is 2.53 bits per heavy atom. The van der Waals surface area contributed by atoms with Gasteiger partial charge < -0.3 is 10.2 Å². The topological polar surface area (TPSA) is 49.4 Å². The van der Waals surface area contributed by atoms with Crippen molar-refractivity contribution in [2.45, 2.75) is 70.9 Å². The smallest absolute Gasteiger partial charge is 0.245 e. The fraction of sp³-hybridized carbons (Fsp3) is 0.867. The summed E-state index contributed by atoms with van der Waals surface area (Å²) in [6.07, 6.45) is 7.33. The summed E-state index contributed by atoms with van der Waals surface area (Å²) in [4.78, 5) is 26.3. The van der Waals surface area contributed by atoms with E-state index in [-0.39, 0.29) is 23.9 Å². The van der Waals surface area contributed by atoms with Gasteiger partial charge in [-0.15, -0.1) is 0 Å². The van der Waals surface area contributed by atoms with Crippen molar-refractivity contribution in [1.82, 2.24) is 10.2 Å². The fourth-order valence-electron chi connectivity index (χ4n) is 2.94. The van der Waals surface area contributed by atoms with Crippen LogP contribution in [0.4, 0.5) is 0 Å². The van der Waals surface area contributed by atoms with Gasteiger partial charge in [0.1, 0.15) is 12.1 Å². The molecule has 1 aliphatic carbocycles. The summed E-state index contributed by atoms with van der Waals surface area (Å²) in [5.41, 5.74) is 0. The Morgan fingerprint density at radius 1 is 1.21 bits per heavy atom. The van der Waals surface area contributed by atoms with Gasteiger partial charge in [-0.3, -0.25) is 9.59 Å². The normalized spacial score (nSPS) is 27.6. The van der Waals surface area contributed by atoms with Crippen molar-refractivity contribution >= 4 is 11.8 Å². The zero-order chi connectivity index (χ0) is 13.8. The Hall–Kier alpha value is -1.06. The molecule has 2 atom stereocenters. The summed E-state index contributed by atoms with van der Waals surface area (Å²) < 4.78 is 0. The van der Waals surface area contributed by atoms with Crippen molar-refractivity contribution in [3.63, 3.8) is 0 Å². The van der Waals surface area contributed by atoms with Gasteiger partial charge in [0, 0.05) is 6.54 Å². The second-order valence-electron chi connectivity index (χ2n) is 5.89. The number of hydrogen-bond acceptors (Lipinski definition) is 2. The van der Waals surface area contributed by atoms with Gasteiger partial charge in [-0.1, -0.05) is 33.1 Å². The van der Waals surface area contributed by atoms with Gasteiger partial charge in [0.2, 0.25) is 11.8 Å². The van der Waals surface area contributed by atoms with E-state index in [9.17, 15) is 9.59 Å². The van der Waals surface area contributed by atoms with Crippen LogP contribution in [0.25, 0.3) is 0 Å². The highest BCUT2D eigenvalue weighted by Gasteiger charge is 2.38. The first-order valence-electron chi connectivity index (χ1n) is 7.78. The fourth-order valence-corrected chi connectivity index (χ4v) is 2.94. The molecule has 1 N–H and O–H groups in total. The van der Waals surface area contributed by atoms with Gasteiger partial charge in [0.15, 0.2) is 0 Å². The number of carbonyl (C=O) groups excluding carboxylic acids is 2. The molecule has 19 heavy (non-hydrogen) atoms. The van der Waals surface area contributed by atoms with E-state index in [2.05, 4.69) is 5.32 Å². The second kappa shape index (κ2) is 6.40. The van der Waals surface area contributed by atoms with Crippen LogP contribution >= 0.6 is 0 Å². The summed E-state index contributed by atoms with van der Waals surface area (Å²) in [6, 6.07) is -0.541. The van der Waals surface area contributed by atoms with Crippen LogP contribution in [0, 0.1) is 5.92 Å². The van der Waals surface area contributed by atoms with Gasteiger partial charge in [0.25, 0.3) is 0 Å². The van der Waals surface area contributed by atoms with Crippen molar-refractivity contribution in [3.8, 4) is 0 Å². The molecule has 4 nitrogen and oxygen atoms in total. The number of nitrogens with one attached hydrogen (secondary N) is 1. The van der Waals surface area contributed by atoms with Crippen molar-refractivity contribution in [1.29, 1.82) is 0 Å². The molecule has 0 radical (unpaired) electrons. The molecule has 0 aromatic rings. The summed E-state index contributed by atoms with van der Waals surface area (Å²) >= 11 is 0. The third-order valence-electron chi connectivity index (χ3n) is 4.25. The Bertz CT molecular complexity index is 339. The Kier molecular flexibility index (Phi) is 4.83. The number of rotatable bonds is 7. The molecule has 0 aromatic carbocycles. The van der Waals surface area contributed by atoms with Gasteiger partial charge in [0.05, 0.1) is 0 Å². The van der Waals surface area contributed by atoms with Crippen LogP contribution in [-0.4, -0.2) is 35.3 Å². The zero-order valence-corrected chi connectivity index (χ0v) is 12.2. The molecule has 1 saturated carbocycles. The van der Waals surface area contributed by atoms with Crippen LogP contribution in [-0.2, 0) is 9.59 Å². The lowest BCUT2D eigenvalue weighted by Crippen LogP contribution is -2.63. The molecule has 0 aromatic heterocycles. The van der Waals surface area contributed by atoms with Crippen molar-refractivity contribution in [2.75, 3.05) is 6.54 Å². The second-order valence-corrected chi connectivity index (χ2v) is 5.89. The third-order valence-corrected chi connectivity index (χ3v) is 4.25. The van der Waals surface area contributed by atoms with Crippen LogP contribution in [0.2, 0.25) is 0 Å². The van der Waals surface area contributed by atoms with E-state index in [1.165, 1.54) is 19.3 Å². The number of nitrogens with zero attached hydrogens (tertiary/aromatic N) is 1. The molecule has 1 heterocycles. The van der Waals surface area contributed by atoms with Crippen molar-refractivity contribution in [3.05, 3.63) is 0 Å². The Balaban J connectivity index is 1.95. The van der Waals surface area contributed by atoms with Crippen LogP contribution in [0.5, 0.6) is 0 Å². The highest BCUT2D eigenvalue weighted by atomic mass is 16.2. The monoisotopic (exact) mass is 266 g/mol. The molecule has 1 aliphatic heterocycles. The van der Waals surface area contributed by atoms with E-state index in [0.717, 1.165) is 31.7 Å². The molecule has 2 aliphatic rings. The molecule has 0 spiro atoms. The number of piperazine rings is 1. The lowest BCUT2D eigenvalue weighted by molar-refractivity contribution is -0.149. The van der Waals surface area contributed by atoms with Gasteiger partial charge in [-0.25, -0.2) is 0 Å². The van der Waals surface area contributed by atoms with E-state index >= 15 is 0 Å². The molecule has 108 valence electrons. The molecule has 1 saturated heterocycles. The lowest BCUT2D eigenvalue weighted by Gasteiger charge is -2.38. The first-order chi connectivity index (χ1) is 9.17. The molecular weight excluding hydrogens is 240 g/mol. The van der Waals surface area contributed by atoms with Crippen LogP contribution in [0.15, 0.2) is 0 Å². The largest absolute Gasteiger partial charge is 0.343 e. The summed E-state index contributed by atoms with van der Waals surface area (Å²) in [5.74, 6) is 1.05. The van der Waals surface area contributed by atoms with Gasteiger partial charge in [-0.05, 0) is 31.6 Å². The maximum Gasteiger partial charge on any atom is 0.245 e. The quantitative estimate of drug-likeness (QED) is 0.767. The highest BCUT2D eigenvalue weighted by molar-refractivity contribution is 5.96. The Labute approximate surface area is 115 Å². The minimum absolute atomic E-state index is 0.0342. The van der Waals surface area contributed by atoms with Gasteiger partial charge >= 0.3 is 0 Å². The first kappa shape index (κ1) is 14.4. The molecule has 0 bridgehead atoms. The van der Waals surface area contributed by atoms with E-state index in [1.807, 2.05) is 18.7 Å². The minimum atomic E-state index is -0.291. The molecule has 2 unspecified atom stereocenters. The van der Waals surface area contributed by atoms with Crippen LogP contribution in [0.1, 0.15) is 58.8 Å². The minimum Gasteiger partial charge on any atom is -0.343 e. The third kappa shape index (κ3) is 3.48. The standard InChI is InChI=1S/C15H26N2O2/c1-3-6-12-15(19)17(10-5-7-11-8-9-11)13(4-2)14(18)16-12/h11-13H,3-10H2,1-2H3,(H,16,18). The average Bonchev–Trinajstić information content (AvgIpc) is 3.19. The van der Waals surface area contributed by atoms with Crippen LogP contribution in [0.3, 0.4) is 0 Å². The molecule has 4 heteroatoms. The molecule has 2 rings (SSSR count). The highest BCUT2D eigenvalue weighted by Crippen LogP contribution is 2.33. The molecular formula is C15H26N2O2. The van der Waals surface area contributed by atoms with E-state index in [0.29, 0.717) is 6.42 Å². The summed E-state index contributed by atoms with van der Waals surface area (Å²) in [6.45, 7) is 4.77. The summed E-state index contributed by atoms with van der Waals surface area (Å²) in [5, 5.41) is 2.88. The maximum absolute atomic E-state index is 12.4. The average molecular weight is 266 g/mol. The van der Waals surface area contributed by atoms with E-state index in [1.54, 1.807) is 0 Å². The predicted octanol–water partition coefficient (Wildman–Crippen LogP) is 2.08. The lowest BCUT2D eigenvalue weighted by atomic mass is 10.0. The van der Waals surface area contributed by atoms with Crippen LogP contribution < -0.4 is 5.32 Å². The Morgan fingerprint density at radius 2 is 1.95 bits per heavy atom. The molecule has 2 amide bonds. The van der Waals surface area contributed by atoms with E-state index < -0.39 is 0 Å².